The van der Waals surface area contributed by atoms with Crippen LogP contribution in [0.5, 0.6) is 0 Å². The highest BCUT2D eigenvalue weighted by molar-refractivity contribution is 5.31. The van der Waals surface area contributed by atoms with Gasteiger partial charge in [0, 0.05) is 19.3 Å². The Kier molecular flexibility index (Phi) is 4.79. The molecule has 0 saturated carbocycles. The van der Waals surface area contributed by atoms with E-state index in [1.807, 2.05) is 0 Å². The van der Waals surface area contributed by atoms with Gasteiger partial charge in [-0.05, 0) is 56.6 Å². The van der Waals surface area contributed by atoms with Crippen molar-refractivity contribution in [1.82, 2.24) is 0 Å². The molecule has 0 amide bonds. The lowest BCUT2D eigenvalue weighted by atomic mass is 9.89. The van der Waals surface area contributed by atoms with Crippen LogP contribution in [0.4, 0.5) is 0 Å². The monoisotopic (exact) mass is 247 g/mol. The Balaban J connectivity index is 1.89. The Bertz CT molecular complexity index is 383. The number of hydrogen-bond donors (Lipinski definition) is 1. The molecule has 18 heavy (non-hydrogen) atoms. The van der Waals surface area contributed by atoms with Gasteiger partial charge in [0.05, 0.1) is 0 Å². The van der Waals surface area contributed by atoms with Crippen LogP contribution in [0.15, 0.2) is 18.2 Å². The summed E-state index contributed by atoms with van der Waals surface area (Å²) in [5.74, 6) is 0.763. The molecule has 0 radical (unpaired) electrons. The van der Waals surface area contributed by atoms with Crippen molar-refractivity contribution >= 4 is 0 Å². The van der Waals surface area contributed by atoms with E-state index in [9.17, 15) is 0 Å². The summed E-state index contributed by atoms with van der Waals surface area (Å²) < 4.78 is 5.39. The highest BCUT2D eigenvalue weighted by Gasteiger charge is 2.17. The van der Waals surface area contributed by atoms with Crippen LogP contribution in [0.1, 0.15) is 36.0 Å². The molecule has 1 saturated heterocycles. The lowest BCUT2D eigenvalue weighted by Gasteiger charge is -2.25. The summed E-state index contributed by atoms with van der Waals surface area (Å²) in [4.78, 5) is 0. The first kappa shape index (κ1) is 13.6. The van der Waals surface area contributed by atoms with Crippen molar-refractivity contribution in [3.63, 3.8) is 0 Å². The first-order valence-electron chi connectivity index (χ1n) is 7.04. The molecular weight excluding hydrogens is 222 g/mol. The van der Waals surface area contributed by atoms with Gasteiger partial charge in [-0.3, -0.25) is 0 Å². The number of aryl methyl sites for hydroxylation is 2. The topological polar surface area (TPSA) is 35.2 Å². The third kappa shape index (κ3) is 3.82. The minimum absolute atomic E-state index is 0.286. The van der Waals surface area contributed by atoms with E-state index in [0.29, 0.717) is 0 Å². The van der Waals surface area contributed by atoms with Gasteiger partial charge in [-0.1, -0.05) is 23.8 Å². The molecule has 1 aliphatic heterocycles. The molecule has 2 nitrogen and oxygen atoms in total. The fourth-order valence-electron chi connectivity index (χ4n) is 2.80. The molecule has 2 N–H and O–H groups in total. The Morgan fingerprint density at radius 2 is 2.00 bits per heavy atom. The molecule has 1 fully saturated rings. The van der Waals surface area contributed by atoms with E-state index in [1.165, 1.54) is 29.5 Å². The fraction of sp³-hybridized carbons (Fsp3) is 0.625. The van der Waals surface area contributed by atoms with Gasteiger partial charge in [-0.15, -0.1) is 0 Å². The molecule has 1 atom stereocenters. The summed E-state index contributed by atoms with van der Waals surface area (Å²) in [5, 5.41) is 0. The molecular formula is C16H25NO. The molecule has 0 aromatic heterocycles. The first-order valence-corrected chi connectivity index (χ1v) is 7.04. The molecule has 1 aromatic rings. The quantitative estimate of drug-likeness (QED) is 0.887. The van der Waals surface area contributed by atoms with Crippen LogP contribution in [-0.2, 0) is 11.2 Å². The minimum atomic E-state index is 0.286. The molecule has 1 unspecified atom stereocenters. The van der Waals surface area contributed by atoms with E-state index in [4.69, 9.17) is 10.5 Å². The molecule has 100 valence electrons. The van der Waals surface area contributed by atoms with E-state index < -0.39 is 0 Å². The van der Waals surface area contributed by atoms with Gasteiger partial charge in [0.1, 0.15) is 0 Å². The molecule has 2 heteroatoms. The zero-order chi connectivity index (χ0) is 13.0. The van der Waals surface area contributed by atoms with Gasteiger partial charge in [-0.2, -0.15) is 0 Å². The maximum absolute atomic E-state index is 6.31. The molecule has 1 heterocycles. The Morgan fingerprint density at radius 1 is 1.28 bits per heavy atom. The van der Waals surface area contributed by atoms with Crippen LogP contribution in [0.3, 0.4) is 0 Å². The third-order valence-electron chi connectivity index (χ3n) is 3.96. The SMILES string of the molecule is Cc1ccc(C)c(CC(N)CC2CCOCC2)c1. The molecule has 1 aromatic carbocycles. The van der Waals surface area contributed by atoms with E-state index >= 15 is 0 Å². The van der Waals surface area contributed by atoms with E-state index in [1.54, 1.807) is 0 Å². The first-order chi connectivity index (χ1) is 8.65. The average Bonchev–Trinajstić information content (AvgIpc) is 2.35. The molecule has 0 spiro atoms. The summed E-state index contributed by atoms with van der Waals surface area (Å²) in [6, 6.07) is 6.93. The number of nitrogens with two attached hydrogens (primary N) is 1. The second-order valence-electron chi connectivity index (χ2n) is 5.69. The fourth-order valence-corrected chi connectivity index (χ4v) is 2.80. The summed E-state index contributed by atoms with van der Waals surface area (Å²) >= 11 is 0. The van der Waals surface area contributed by atoms with Crippen molar-refractivity contribution in [3.05, 3.63) is 34.9 Å². The van der Waals surface area contributed by atoms with Crippen LogP contribution >= 0.6 is 0 Å². The zero-order valence-electron chi connectivity index (χ0n) is 11.6. The third-order valence-corrected chi connectivity index (χ3v) is 3.96. The average molecular weight is 247 g/mol. The molecule has 0 bridgehead atoms. The predicted octanol–water partition coefficient (Wildman–Crippen LogP) is 2.99. The van der Waals surface area contributed by atoms with Crippen molar-refractivity contribution in [2.45, 2.75) is 45.6 Å². The Hall–Kier alpha value is -0.860. The van der Waals surface area contributed by atoms with Crippen LogP contribution in [0.25, 0.3) is 0 Å². The maximum atomic E-state index is 6.31. The number of hydrogen-bond acceptors (Lipinski definition) is 2. The van der Waals surface area contributed by atoms with Crippen molar-refractivity contribution in [1.29, 1.82) is 0 Å². The van der Waals surface area contributed by atoms with Crippen LogP contribution in [-0.4, -0.2) is 19.3 Å². The standard InChI is InChI=1S/C16H25NO/c1-12-3-4-13(2)15(9-12)11-16(17)10-14-5-7-18-8-6-14/h3-4,9,14,16H,5-8,10-11,17H2,1-2H3. The van der Waals surface area contributed by atoms with Gasteiger partial charge < -0.3 is 10.5 Å². The summed E-state index contributed by atoms with van der Waals surface area (Å²) in [7, 11) is 0. The van der Waals surface area contributed by atoms with Crippen molar-refractivity contribution in [3.8, 4) is 0 Å². The molecule has 2 rings (SSSR count). The van der Waals surface area contributed by atoms with Gasteiger partial charge in [0.25, 0.3) is 0 Å². The smallest absolute Gasteiger partial charge is 0.0468 e. The van der Waals surface area contributed by atoms with Crippen molar-refractivity contribution < 1.29 is 4.74 Å². The number of rotatable bonds is 4. The van der Waals surface area contributed by atoms with Crippen LogP contribution in [0, 0.1) is 19.8 Å². The van der Waals surface area contributed by atoms with Crippen LogP contribution < -0.4 is 5.73 Å². The summed E-state index contributed by atoms with van der Waals surface area (Å²) in [5.41, 5.74) is 10.4. The van der Waals surface area contributed by atoms with E-state index in [-0.39, 0.29) is 6.04 Å². The Labute approximate surface area is 111 Å². The van der Waals surface area contributed by atoms with Crippen molar-refractivity contribution in [2.24, 2.45) is 11.7 Å². The lowest BCUT2D eigenvalue weighted by Crippen LogP contribution is -2.29. The number of ether oxygens (including phenoxy) is 1. The van der Waals surface area contributed by atoms with E-state index in [0.717, 1.165) is 32.0 Å². The van der Waals surface area contributed by atoms with Gasteiger partial charge >= 0.3 is 0 Å². The second kappa shape index (κ2) is 6.35. The van der Waals surface area contributed by atoms with Gasteiger partial charge in [-0.25, -0.2) is 0 Å². The predicted molar refractivity (Wildman–Crippen MR) is 75.8 cm³/mol. The largest absolute Gasteiger partial charge is 0.381 e. The molecule has 1 aliphatic rings. The van der Waals surface area contributed by atoms with Gasteiger partial charge in [0.15, 0.2) is 0 Å². The minimum Gasteiger partial charge on any atom is -0.381 e. The van der Waals surface area contributed by atoms with E-state index in [2.05, 4.69) is 32.0 Å². The zero-order valence-corrected chi connectivity index (χ0v) is 11.6. The number of benzene rings is 1. The lowest BCUT2D eigenvalue weighted by molar-refractivity contribution is 0.0619. The maximum Gasteiger partial charge on any atom is 0.0468 e. The normalized spacial score (nSPS) is 18.8. The Morgan fingerprint density at radius 3 is 2.72 bits per heavy atom. The van der Waals surface area contributed by atoms with Gasteiger partial charge in [0.2, 0.25) is 0 Å². The molecule has 0 aliphatic carbocycles. The second-order valence-corrected chi connectivity index (χ2v) is 5.69. The van der Waals surface area contributed by atoms with Crippen LogP contribution in [0.2, 0.25) is 0 Å². The summed E-state index contributed by atoms with van der Waals surface area (Å²) in [6.07, 6.45) is 4.50. The highest BCUT2D eigenvalue weighted by Crippen LogP contribution is 2.21. The highest BCUT2D eigenvalue weighted by atomic mass is 16.5. The summed E-state index contributed by atoms with van der Waals surface area (Å²) in [6.45, 7) is 6.16. The van der Waals surface area contributed by atoms with Crippen molar-refractivity contribution in [2.75, 3.05) is 13.2 Å².